The molecule has 0 saturated carbocycles. The van der Waals surface area contributed by atoms with Gasteiger partial charge in [-0.1, -0.05) is 104 Å². The number of rotatable bonds is 22. The number of amides is 7. The molecule has 0 heterocycles. The fourth-order valence-corrected chi connectivity index (χ4v) is 4.70. The number of hydrogen-bond acceptors (Lipinski definition) is 8. The summed E-state index contributed by atoms with van der Waals surface area (Å²) in [5, 5.41) is 18.3. The zero-order chi connectivity index (χ0) is 89.4. The Hall–Kier alpha value is -4.24. The standard InChI is InChI=1S/C8H15NO3.6C8H17NO.CH4/c1-5(2)4-7(8(11)12)9-6(3)10;6*1-6(2)5-7(3)9-8(4)10;/h5,7H,4H2,1-3H3,(H,9,10)(H,11,12);6*6-7H,5H2,1-4H3,(H,9,10);1H4/i1D3,4D2,5D,7D;5D2,6D,7D;2*1D3,5D2,7D;2*5D2,7D;1D3;/hD3. The van der Waals surface area contributed by atoms with Crippen molar-refractivity contribution in [1.82, 2.24) is 37.2 Å². The van der Waals surface area contributed by atoms with Crippen LogP contribution in [0.15, 0.2) is 0 Å². The van der Waals surface area contributed by atoms with E-state index in [-0.39, 0.29) is 42.4 Å². The third-order valence-electron chi connectivity index (χ3n) is 5.97. The lowest BCUT2D eigenvalue weighted by atomic mass is 10.0. The summed E-state index contributed by atoms with van der Waals surface area (Å²) < 4.78 is 261. The molecule has 0 aliphatic heterocycles. The van der Waals surface area contributed by atoms with Gasteiger partial charge in [-0.15, -0.1) is 0 Å². The molecule has 16 nitrogen and oxygen atoms in total. The molecule has 0 spiro atoms. The smallest absolute Gasteiger partial charge is 0.326 e. The maximum atomic E-state index is 11.2. The molecule has 0 rings (SSSR count). The van der Waals surface area contributed by atoms with Crippen LogP contribution in [-0.4, -0.2) is 94.6 Å². The number of aliphatic carboxylic acids is 1. The Labute approximate surface area is 499 Å². The third kappa shape index (κ3) is 94.2. The number of carbonyl (C=O) groups excluding carboxylic acids is 7. The van der Waals surface area contributed by atoms with Crippen molar-refractivity contribution in [3.8, 4) is 0 Å². The summed E-state index contributed by atoms with van der Waals surface area (Å²) >= 11 is 0. The normalized spacial score (nSPS) is 26.6. The summed E-state index contributed by atoms with van der Waals surface area (Å²) in [5.74, 6) is -14.9. The summed E-state index contributed by atoms with van der Waals surface area (Å²) in [4.78, 5) is 87.2. The van der Waals surface area contributed by atoms with Gasteiger partial charge in [-0.05, 0) is 128 Å². The van der Waals surface area contributed by atoms with Gasteiger partial charge < -0.3 is 42.3 Å². The molecule has 0 aliphatic rings. The molecule has 0 aromatic heterocycles. The number of nitrogens with one attached hydrogen (secondary N) is 7. The van der Waals surface area contributed by atoms with Crippen molar-refractivity contribution in [2.24, 2.45) is 41.4 Å². The second-order valence-electron chi connectivity index (χ2n) is 16.6. The largest absolute Gasteiger partial charge is 0.480 e. The summed E-state index contributed by atoms with van der Waals surface area (Å²) in [6.07, 6.45) is -13.7. The van der Waals surface area contributed by atoms with E-state index in [1.54, 1.807) is 34.6 Å². The third-order valence-corrected chi connectivity index (χ3v) is 5.97. The monoisotopic (exact) mass is 1080 g/mol. The van der Waals surface area contributed by atoms with Gasteiger partial charge in [0.2, 0.25) is 41.4 Å². The molecule has 438 valence electrons. The lowest BCUT2D eigenvalue weighted by Crippen LogP contribution is -2.40. The maximum Gasteiger partial charge on any atom is 0.326 e. The van der Waals surface area contributed by atoms with Crippen LogP contribution in [0, 0.1) is 41.4 Å². The number of carbonyl (C=O) groups is 8. The summed E-state index contributed by atoms with van der Waals surface area (Å²) in [5.41, 5.74) is 0. The first-order chi connectivity index (χ1) is 45.9. The van der Waals surface area contributed by atoms with E-state index >= 15 is 0 Å². The highest BCUT2D eigenvalue weighted by Gasteiger charge is 2.19. The molecule has 0 bridgehead atoms. The van der Waals surface area contributed by atoms with Crippen molar-refractivity contribution < 1.29 is 91.6 Å². The lowest BCUT2D eigenvalue weighted by Gasteiger charge is -2.14. The van der Waals surface area contributed by atoms with Gasteiger partial charge in [0.1, 0.15) is 6.02 Å². The zero-order valence-corrected chi connectivity index (χ0v) is 47.2. The lowest BCUT2D eigenvalue weighted by molar-refractivity contribution is -0.142. The number of carboxylic acids is 1. The Bertz CT molecular complexity index is 2880. The quantitative estimate of drug-likeness (QED) is 0.0514. The number of carboxylic acid groups (broad SMARTS) is 1. The van der Waals surface area contributed by atoms with Gasteiger partial charge in [-0.3, -0.25) is 33.6 Å². The highest BCUT2D eigenvalue weighted by molar-refractivity contribution is 5.82. The average molecular weight is 1080 g/mol. The van der Waals surface area contributed by atoms with Crippen molar-refractivity contribution in [3.05, 3.63) is 0 Å². The molecule has 11 unspecified atom stereocenters. The van der Waals surface area contributed by atoms with Crippen LogP contribution in [0.25, 0.3) is 0 Å². The van der Waals surface area contributed by atoms with Crippen LogP contribution in [0.3, 0.4) is 0 Å². The molecule has 11 atom stereocenters. The highest BCUT2D eigenvalue weighted by atomic mass is 16.4. The predicted molar refractivity (Wildman–Crippen MR) is 308 cm³/mol. The Kier molecular flexibility index (Phi) is 24.8. The molecule has 16 heteroatoms. The van der Waals surface area contributed by atoms with Crippen molar-refractivity contribution in [3.63, 3.8) is 0 Å². The van der Waals surface area contributed by atoms with E-state index in [1.165, 1.54) is 62.3 Å². The minimum absolute atomic E-state index is 0. The average Bonchev–Trinajstić information content (AvgIpc) is 0.722. The van der Waals surface area contributed by atoms with Gasteiger partial charge in [0.15, 0.2) is 4.24 Å². The second kappa shape index (κ2) is 52.6. The molecular formula is C57H121N7O9. The van der Waals surface area contributed by atoms with Crippen molar-refractivity contribution in [1.29, 1.82) is 0 Å². The van der Waals surface area contributed by atoms with Crippen molar-refractivity contribution in [2.75, 3.05) is 0 Å². The van der Waals surface area contributed by atoms with Crippen LogP contribution in [-0.2, 0) is 38.4 Å². The van der Waals surface area contributed by atoms with E-state index < -0.39 is 172 Å². The van der Waals surface area contributed by atoms with E-state index in [0.29, 0.717) is 18.7 Å². The van der Waals surface area contributed by atoms with Crippen LogP contribution in [0.1, 0.15) is 283 Å². The predicted octanol–water partition coefficient (Wildman–Crippen LogP) is 10.6. The molecule has 8 N–H and O–H groups in total. The molecule has 0 aromatic carbocycles. The maximum absolute atomic E-state index is 11.2. The van der Waals surface area contributed by atoms with Crippen LogP contribution >= 0.6 is 0 Å². The minimum atomic E-state index is -3.58. The van der Waals surface area contributed by atoms with Gasteiger partial charge in [-0.2, -0.15) is 0 Å². The topological polar surface area (TPSA) is 241 Å². The van der Waals surface area contributed by atoms with E-state index in [1.807, 2.05) is 6.92 Å². The summed E-state index contributed by atoms with van der Waals surface area (Å²) in [7, 11) is 0. The minimum Gasteiger partial charge on any atom is -0.480 e. The molecule has 0 aliphatic carbocycles. The first kappa shape index (κ1) is 34.4. The first-order valence-corrected chi connectivity index (χ1v) is 22.7. The van der Waals surface area contributed by atoms with Gasteiger partial charge in [0.25, 0.3) is 0 Å². The molecule has 0 fully saturated rings. The van der Waals surface area contributed by atoms with E-state index in [9.17, 15) is 38.4 Å². The zero-order valence-electron chi connectivity index (χ0n) is 82.2. The van der Waals surface area contributed by atoms with Crippen LogP contribution in [0.4, 0.5) is 0 Å². The Morgan fingerprint density at radius 2 is 0.699 bits per heavy atom. The van der Waals surface area contributed by atoms with Gasteiger partial charge in [0.05, 0.1) is 8.22 Å². The van der Waals surface area contributed by atoms with Crippen LogP contribution in [0.2, 0.25) is 4.24 Å². The SMILES string of the molecule is C.[2H]C(C)(C)C([2H])([2H])C([2H])(C)NC(C)=O.[2H]C(C)(NC(C)=O)C([2H])([2H])C(C)C.[2H]C([2H])([2H])C(C)C([2H])([2H])C([2H])(C)NC(C)=O.[2H]C([2H])([2H])C(C)CC(C)NC(C)=O.[2H]N(C(C)=O)C([2H])(C(=O)O)C([2H])([2H])C([2H])(C)C([2H])([2H])[2H].[2H]N(C(C)=O)C([2H])(C)C([2H])([2H])C(C)C.[2H]N(C(C)=O)C([2H])(C)C([2H])([2H])C(C)C([2H])([2H])[2H]. The molecular weight excluding hydrogens is 927 g/mol. The van der Waals surface area contributed by atoms with Gasteiger partial charge >= 0.3 is 5.97 Å². The Balaban J connectivity index is -0.000000181. The Morgan fingerprint density at radius 1 is 0.397 bits per heavy atom. The molecule has 0 aromatic rings. The van der Waals surface area contributed by atoms with E-state index in [0.717, 1.165) is 48.5 Å². The molecule has 7 amide bonds. The molecule has 0 radical (unpaired) electrons. The van der Waals surface area contributed by atoms with Crippen LogP contribution in [0.5, 0.6) is 0 Å². The van der Waals surface area contributed by atoms with Gasteiger partial charge in [0, 0.05) is 120 Å². The summed E-state index contributed by atoms with van der Waals surface area (Å²) in [6, 6.07) is -13.2. The fraction of sp³-hybridized carbons (Fsp3) is 0.860. The molecule has 0 saturated heterocycles. The highest BCUT2D eigenvalue weighted by Crippen LogP contribution is 2.07. The second-order valence-corrected chi connectivity index (χ2v) is 16.6. The van der Waals surface area contributed by atoms with Crippen molar-refractivity contribution >= 4 is 47.3 Å². The van der Waals surface area contributed by atoms with E-state index in [4.69, 9.17) is 53.2 Å². The fourth-order valence-electron chi connectivity index (χ4n) is 4.70. The van der Waals surface area contributed by atoms with E-state index in [2.05, 4.69) is 21.3 Å². The van der Waals surface area contributed by atoms with Crippen LogP contribution < -0.4 is 37.2 Å². The summed E-state index contributed by atoms with van der Waals surface area (Å²) in [6.45, 7) is 19.5. The molecule has 73 heavy (non-hydrogen) atoms. The Morgan fingerprint density at radius 3 is 0.959 bits per heavy atom. The van der Waals surface area contributed by atoms with Gasteiger partial charge in [-0.25, -0.2) is 4.79 Å². The first-order valence-electron chi connectivity index (χ1n) is 40.0. The van der Waals surface area contributed by atoms with Crippen molar-refractivity contribution in [2.45, 2.75) is 281 Å². The number of hydrogen-bond donors (Lipinski definition) is 8.